The van der Waals surface area contributed by atoms with Crippen LogP contribution in [0.1, 0.15) is 40.0 Å². The van der Waals surface area contributed by atoms with Crippen LogP contribution in [-0.2, 0) is 14.4 Å². The Balaban J connectivity index is 1.53. The molecule has 0 unspecified atom stereocenters. The molecule has 0 aliphatic carbocycles. The van der Waals surface area contributed by atoms with Crippen molar-refractivity contribution in [3.05, 3.63) is 42.8 Å². The van der Waals surface area contributed by atoms with Gasteiger partial charge in [0.05, 0.1) is 6.20 Å². The molecule has 1 fully saturated rings. The van der Waals surface area contributed by atoms with Gasteiger partial charge >= 0.3 is 0 Å². The second-order valence-corrected chi connectivity index (χ2v) is 9.62. The Morgan fingerprint density at radius 3 is 2.69 bits per heavy atom. The molecular weight excluding hydrogens is 466 g/mol. The molecule has 0 bridgehead atoms. The second kappa shape index (κ2) is 10.8. The molecule has 35 heavy (non-hydrogen) atoms. The van der Waals surface area contributed by atoms with E-state index in [2.05, 4.69) is 20.6 Å². The van der Waals surface area contributed by atoms with E-state index in [1.54, 1.807) is 18.0 Å². The van der Waals surface area contributed by atoms with E-state index in [0.29, 0.717) is 47.4 Å². The third-order valence-electron chi connectivity index (χ3n) is 6.15. The van der Waals surface area contributed by atoms with Gasteiger partial charge in [-0.25, -0.2) is 9.97 Å². The van der Waals surface area contributed by atoms with Crippen molar-refractivity contribution in [1.82, 2.24) is 20.2 Å². The van der Waals surface area contributed by atoms with Gasteiger partial charge in [0, 0.05) is 18.0 Å². The third-order valence-corrected chi connectivity index (χ3v) is 7.11. The van der Waals surface area contributed by atoms with Gasteiger partial charge in [-0.1, -0.05) is 55.5 Å². The summed E-state index contributed by atoms with van der Waals surface area (Å²) in [5.74, 6) is -0.507. The molecule has 4 rings (SSSR count). The lowest BCUT2D eigenvalue weighted by Crippen LogP contribution is -2.52. The number of amides is 3. The van der Waals surface area contributed by atoms with Crippen molar-refractivity contribution in [1.29, 1.82) is 0 Å². The number of anilines is 1. The number of hydrogen-bond acceptors (Lipinski definition) is 7. The molecule has 1 aromatic carbocycles. The van der Waals surface area contributed by atoms with Crippen molar-refractivity contribution in [2.75, 3.05) is 11.9 Å². The molecule has 3 aromatic rings. The first-order chi connectivity index (χ1) is 16.9. The van der Waals surface area contributed by atoms with Crippen LogP contribution in [0.4, 0.5) is 5.00 Å². The van der Waals surface area contributed by atoms with Gasteiger partial charge in [-0.15, -0.1) is 0 Å². The summed E-state index contributed by atoms with van der Waals surface area (Å²) in [7, 11) is 0. The van der Waals surface area contributed by atoms with Crippen LogP contribution in [-0.4, -0.2) is 51.2 Å². The first-order valence-corrected chi connectivity index (χ1v) is 12.6. The number of benzene rings is 1. The molecule has 0 saturated carbocycles. The lowest BCUT2D eigenvalue weighted by Gasteiger charge is -2.27. The average molecular weight is 496 g/mol. The lowest BCUT2D eigenvalue weighted by molar-refractivity contribution is -0.140. The van der Waals surface area contributed by atoms with Crippen molar-refractivity contribution in [3.8, 4) is 22.2 Å². The zero-order chi connectivity index (χ0) is 24.9. The Labute approximate surface area is 208 Å². The summed E-state index contributed by atoms with van der Waals surface area (Å²) in [6.45, 7) is 5.88. The zero-order valence-electron chi connectivity index (χ0n) is 20.0. The largest absolute Gasteiger partial charge is 0.443 e. The molecule has 9 nitrogen and oxygen atoms in total. The van der Waals surface area contributed by atoms with Gasteiger partial charge in [-0.3, -0.25) is 14.4 Å². The summed E-state index contributed by atoms with van der Waals surface area (Å²) in [5, 5.41) is 6.88. The highest BCUT2D eigenvalue weighted by molar-refractivity contribution is 7.19. The molecule has 0 radical (unpaired) electrons. The number of carbonyl (C=O) groups excluding carboxylic acids is 3. The minimum Gasteiger partial charge on any atom is -0.443 e. The van der Waals surface area contributed by atoms with Crippen LogP contribution in [0, 0.1) is 5.92 Å². The highest BCUT2D eigenvalue weighted by atomic mass is 32.1. The summed E-state index contributed by atoms with van der Waals surface area (Å²) in [6.07, 6.45) is 4.97. The van der Waals surface area contributed by atoms with E-state index in [1.165, 1.54) is 17.6 Å². The summed E-state index contributed by atoms with van der Waals surface area (Å²) in [6, 6.07) is 8.21. The maximum absolute atomic E-state index is 13.4. The Morgan fingerprint density at radius 2 is 2.00 bits per heavy atom. The number of hydrogen-bond donors (Lipinski definition) is 2. The van der Waals surface area contributed by atoms with Crippen LogP contribution in [0.15, 0.2) is 47.2 Å². The van der Waals surface area contributed by atoms with Gasteiger partial charge in [0.15, 0.2) is 5.01 Å². The first-order valence-electron chi connectivity index (χ1n) is 11.8. The molecular formula is C25H29N5O4S. The number of nitrogens with one attached hydrogen (secondary N) is 2. The van der Waals surface area contributed by atoms with Gasteiger partial charge in [-0.05, 0) is 26.2 Å². The maximum Gasteiger partial charge on any atom is 0.255 e. The van der Waals surface area contributed by atoms with Crippen LogP contribution in [0.2, 0.25) is 0 Å². The Morgan fingerprint density at radius 1 is 1.23 bits per heavy atom. The van der Waals surface area contributed by atoms with E-state index < -0.39 is 12.1 Å². The zero-order valence-corrected chi connectivity index (χ0v) is 20.8. The molecule has 3 heterocycles. The van der Waals surface area contributed by atoms with E-state index in [4.69, 9.17) is 4.42 Å². The fourth-order valence-corrected chi connectivity index (χ4v) is 4.90. The van der Waals surface area contributed by atoms with Crippen molar-refractivity contribution in [2.45, 2.75) is 52.1 Å². The van der Waals surface area contributed by atoms with E-state index in [0.717, 1.165) is 5.56 Å². The normalized spacial score (nSPS) is 17.1. The van der Waals surface area contributed by atoms with Crippen LogP contribution in [0.25, 0.3) is 22.2 Å². The topological polar surface area (TPSA) is 117 Å². The van der Waals surface area contributed by atoms with Crippen LogP contribution >= 0.6 is 11.3 Å². The Kier molecular flexibility index (Phi) is 7.60. The predicted molar refractivity (Wildman–Crippen MR) is 133 cm³/mol. The number of oxazole rings is 1. The van der Waals surface area contributed by atoms with Crippen LogP contribution in [0.5, 0.6) is 0 Å². The molecule has 1 aliphatic heterocycles. The third kappa shape index (κ3) is 5.43. The number of rotatable bonds is 8. The Bertz CT molecular complexity index is 1180. The van der Waals surface area contributed by atoms with Crippen LogP contribution < -0.4 is 10.6 Å². The fraction of sp³-hybridized carbons (Fsp3) is 0.400. The van der Waals surface area contributed by atoms with Gasteiger partial charge in [-0.2, -0.15) is 0 Å². The van der Waals surface area contributed by atoms with Gasteiger partial charge < -0.3 is 20.0 Å². The van der Waals surface area contributed by atoms with E-state index in [1.807, 2.05) is 44.2 Å². The molecule has 3 atom stereocenters. The highest BCUT2D eigenvalue weighted by Crippen LogP contribution is 2.38. The smallest absolute Gasteiger partial charge is 0.255 e. The highest BCUT2D eigenvalue weighted by Gasteiger charge is 2.37. The van der Waals surface area contributed by atoms with Crippen molar-refractivity contribution >= 4 is 34.1 Å². The van der Waals surface area contributed by atoms with Gasteiger partial charge in [0.2, 0.25) is 17.7 Å². The monoisotopic (exact) mass is 495 g/mol. The molecule has 3 amide bonds. The SMILES string of the molecule is CC[C@@H](C)C(=O)N[C@@H](C)C(=O)N1CCC[C@H]1C(=O)Nc1sc(-c2ncco2)nc1-c1ccccc1. The minimum atomic E-state index is -0.704. The molecule has 10 heteroatoms. The summed E-state index contributed by atoms with van der Waals surface area (Å²) >= 11 is 1.27. The number of likely N-dealkylation sites (tertiary alicyclic amines) is 1. The van der Waals surface area contributed by atoms with Gasteiger partial charge in [0.1, 0.15) is 29.0 Å². The second-order valence-electron chi connectivity index (χ2n) is 8.62. The molecule has 2 N–H and O–H groups in total. The predicted octanol–water partition coefficient (Wildman–Crippen LogP) is 3.95. The minimum absolute atomic E-state index is 0.162. The standard InChI is InChI=1S/C25H29N5O4S/c1-4-15(2)20(31)27-16(3)25(33)30-13-8-11-18(30)21(32)29-23-19(17-9-6-5-7-10-17)28-24(35-23)22-26-12-14-34-22/h5-7,9-10,12,14-16,18H,4,8,11,13H2,1-3H3,(H,27,31)(H,29,32)/t15-,16+,18+/m1/s1. The summed E-state index contributed by atoms with van der Waals surface area (Å²) in [4.78, 5) is 49.1. The number of nitrogens with zero attached hydrogens (tertiary/aromatic N) is 3. The number of aromatic nitrogens is 2. The Hall–Kier alpha value is -3.53. The fourth-order valence-electron chi connectivity index (χ4n) is 3.97. The number of thiazole rings is 1. The number of carbonyl (C=O) groups is 3. The molecule has 184 valence electrons. The van der Waals surface area contributed by atoms with E-state index in [9.17, 15) is 14.4 Å². The summed E-state index contributed by atoms with van der Waals surface area (Å²) < 4.78 is 5.40. The summed E-state index contributed by atoms with van der Waals surface area (Å²) in [5.41, 5.74) is 1.46. The lowest BCUT2D eigenvalue weighted by atomic mass is 10.1. The van der Waals surface area contributed by atoms with Crippen molar-refractivity contribution in [3.63, 3.8) is 0 Å². The molecule has 1 saturated heterocycles. The maximum atomic E-state index is 13.4. The van der Waals surface area contributed by atoms with Crippen molar-refractivity contribution in [2.24, 2.45) is 5.92 Å². The molecule has 1 aliphatic rings. The molecule has 0 spiro atoms. The van der Waals surface area contributed by atoms with Crippen LogP contribution in [0.3, 0.4) is 0 Å². The van der Waals surface area contributed by atoms with Crippen molar-refractivity contribution < 1.29 is 18.8 Å². The van der Waals surface area contributed by atoms with E-state index >= 15 is 0 Å². The van der Waals surface area contributed by atoms with Gasteiger partial charge in [0.25, 0.3) is 5.89 Å². The first kappa shape index (κ1) is 24.6. The average Bonchev–Trinajstić information content (AvgIpc) is 3.64. The molecule has 2 aromatic heterocycles. The van der Waals surface area contributed by atoms with E-state index in [-0.39, 0.29) is 23.6 Å². The quantitative estimate of drug-likeness (QED) is 0.489.